The first-order valence-electron chi connectivity index (χ1n) is 2.25. The van der Waals surface area contributed by atoms with Crippen molar-refractivity contribution < 1.29 is 0 Å². The predicted octanol–water partition coefficient (Wildman–Crippen LogP) is 0.983. The first-order valence-corrected chi connectivity index (χ1v) is 3.04. The number of hydrogen-bond acceptors (Lipinski definition) is 1. The molecule has 46 valence electrons. The number of nitrogens with one attached hydrogen (secondary N) is 1. The summed E-state index contributed by atoms with van der Waals surface area (Å²) in [6.07, 6.45) is 0. The van der Waals surface area contributed by atoms with E-state index in [2.05, 4.69) is 32.0 Å². The van der Waals surface area contributed by atoms with Crippen LogP contribution >= 0.6 is 28.3 Å². The second-order valence-corrected chi connectivity index (χ2v) is 1.99. The smallest absolute Gasteiger partial charge is 0.0461 e. The number of rotatable bonds is 0. The quantitative estimate of drug-likeness (QED) is 0.570. The second kappa shape index (κ2) is 4.20. The third kappa shape index (κ3) is 2.04. The van der Waals surface area contributed by atoms with Gasteiger partial charge in [0.2, 0.25) is 0 Å². The lowest BCUT2D eigenvalue weighted by Crippen LogP contribution is -2.40. The van der Waals surface area contributed by atoms with Gasteiger partial charge in [-0.05, 0) is 4.83 Å². The Morgan fingerprint density at radius 3 is 2.25 bits per heavy atom. The third-order valence-corrected chi connectivity index (χ3v) is 1.27. The summed E-state index contributed by atoms with van der Waals surface area (Å²) in [6.45, 7) is 2.14. The maximum atomic E-state index is 3.12. The highest BCUT2D eigenvalue weighted by atomic mass is 79.9. The van der Waals surface area contributed by atoms with E-state index >= 15 is 0 Å². The Labute approximate surface area is 63.8 Å². The fourth-order valence-electron chi connectivity index (χ4n) is 0.468. The Morgan fingerprint density at radius 1 is 1.50 bits per heavy atom. The molecule has 0 radical (unpaired) electrons. The van der Waals surface area contributed by atoms with Gasteiger partial charge >= 0.3 is 0 Å². The van der Waals surface area contributed by atoms with Crippen LogP contribution < -0.4 is 5.32 Å². The summed E-state index contributed by atoms with van der Waals surface area (Å²) in [7, 11) is 0. The van der Waals surface area contributed by atoms with Crippen LogP contribution in [0.15, 0.2) is 0 Å². The van der Waals surface area contributed by atoms with Crippen LogP contribution in [0.25, 0.3) is 0 Å². The molecular formula is C5H7BrClN. The molecule has 1 rings (SSSR count). The van der Waals surface area contributed by atoms with Gasteiger partial charge in [-0.25, -0.2) is 0 Å². The van der Waals surface area contributed by atoms with Gasteiger partial charge in [-0.15, -0.1) is 12.4 Å². The molecule has 1 nitrogen and oxygen atoms in total. The fraction of sp³-hybridized carbons (Fsp3) is 0.600. The first-order chi connectivity index (χ1) is 3.43. The van der Waals surface area contributed by atoms with Crippen LogP contribution in [0.2, 0.25) is 0 Å². The molecule has 0 aromatic rings. The van der Waals surface area contributed by atoms with E-state index in [0.29, 0.717) is 5.92 Å². The molecule has 1 saturated heterocycles. The lowest BCUT2D eigenvalue weighted by atomic mass is 10.1. The third-order valence-electron chi connectivity index (χ3n) is 1.04. The largest absolute Gasteiger partial charge is 0.314 e. The molecule has 1 aliphatic heterocycles. The second-order valence-electron chi connectivity index (χ2n) is 1.59. The van der Waals surface area contributed by atoms with Crippen LogP contribution in [0, 0.1) is 16.7 Å². The summed E-state index contributed by atoms with van der Waals surface area (Å²) >= 11 is 3.04. The van der Waals surface area contributed by atoms with Crippen LogP contribution in [0.3, 0.4) is 0 Å². The molecule has 0 aliphatic carbocycles. The van der Waals surface area contributed by atoms with Crippen molar-refractivity contribution in [3.63, 3.8) is 0 Å². The van der Waals surface area contributed by atoms with Crippen LogP contribution in [0.5, 0.6) is 0 Å². The van der Waals surface area contributed by atoms with E-state index in [1.165, 1.54) is 0 Å². The predicted molar refractivity (Wildman–Crippen MR) is 40.3 cm³/mol. The van der Waals surface area contributed by atoms with Gasteiger partial charge in [0.1, 0.15) is 0 Å². The van der Waals surface area contributed by atoms with E-state index < -0.39 is 0 Å². The summed E-state index contributed by atoms with van der Waals surface area (Å²) in [5, 5.41) is 3.12. The Balaban J connectivity index is 0.000000490. The lowest BCUT2D eigenvalue weighted by Gasteiger charge is -2.20. The van der Waals surface area contributed by atoms with E-state index in [0.717, 1.165) is 13.1 Å². The molecule has 1 aliphatic rings. The molecule has 1 fully saturated rings. The molecule has 8 heavy (non-hydrogen) atoms. The van der Waals surface area contributed by atoms with Crippen molar-refractivity contribution in [2.24, 2.45) is 5.92 Å². The van der Waals surface area contributed by atoms with Gasteiger partial charge in [-0.3, -0.25) is 0 Å². The van der Waals surface area contributed by atoms with E-state index in [4.69, 9.17) is 0 Å². The Morgan fingerprint density at radius 2 is 2.12 bits per heavy atom. The fourth-order valence-corrected chi connectivity index (χ4v) is 0.792. The Bertz CT molecular complexity index is 111. The highest BCUT2D eigenvalue weighted by Gasteiger charge is 2.11. The molecule has 0 bridgehead atoms. The maximum absolute atomic E-state index is 3.12. The molecule has 0 unspecified atom stereocenters. The molecule has 0 atom stereocenters. The minimum Gasteiger partial charge on any atom is -0.314 e. The van der Waals surface area contributed by atoms with E-state index in [1.54, 1.807) is 0 Å². The lowest BCUT2D eigenvalue weighted by molar-refractivity contribution is 0.432. The van der Waals surface area contributed by atoms with Crippen LogP contribution in [0.4, 0.5) is 0 Å². The van der Waals surface area contributed by atoms with Crippen molar-refractivity contribution in [3.05, 3.63) is 0 Å². The van der Waals surface area contributed by atoms with Gasteiger partial charge < -0.3 is 5.32 Å². The summed E-state index contributed by atoms with van der Waals surface area (Å²) < 4.78 is 0. The molecule has 0 amide bonds. The zero-order valence-electron chi connectivity index (χ0n) is 4.28. The van der Waals surface area contributed by atoms with Crippen molar-refractivity contribution >= 4 is 28.3 Å². The summed E-state index contributed by atoms with van der Waals surface area (Å²) in [6, 6.07) is 0. The van der Waals surface area contributed by atoms with Crippen LogP contribution in [0.1, 0.15) is 0 Å². The SMILES string of the molecule is BrC#CC1CNC1.Cl. The average Bonchev–Trinajstić information content (AvgIpc) is 1.55. The van der Waals surface area contributed by atoms with Gasteiger partial charge in [0.15, 0.2) is 0 Å². The molecule has 0 spiro atoms. The van der Waals surface area contributed by atoms with Gasteiger partial charge in [0.05, 0.1) is 0 Å². The minimum atomic E-state index is 0. The van der Waals surface area contributed by atoms with Crippen molar-refractivity contribution in [1.82, 2.24) is 5.32 Å². The normalized spacial score (nSPS) is 17.1. The Hall–Kier alpha value is 0.290. The minimum absolute atomic E-state index is 0. The maximum Gasteiger partial charge on any atom is 0.0461 e. The summed E-state index contributed by atoms with van der Waals surface area (Å²) in [5.74, 6) is 3.60. The zero-order chi connectivity index (χ0) is 5.11. The van der Waals surface area contributed by atoms with E-state index in [1.807, 2.05) is 0 Å². The molecule has 3 heteroatoms. The highest BCUT2D eigenvalue weighted by molar-refractivity contribution is 9.12. The molecule has 0 saturated carbocycles. The first kappa shape index (κ1) is 8.29. The summed E-state index contributed by atoms with van der Waals surface area (Å²) in [4.78, 5) is 2.69. The van der Waals surface area contributed by atoms with Crippen molar-refractivity contribution in [1.29, 1.82) is 0 Å². The Kier molecular flexibility index (Phi) is 4.35. The van der Waals surface area contributed by atoms with E-state index in [-0.39, 0.29) is 12.4 Å². The van der Waals surface area contributed by atoms with Crippen molar-refractivity contribution in [3.8, 4) is 10.8 Å². The monoisotopic (exact) mass is 195 g/mol. The van der Waals surface area contributed by atoms with Crippen molar-refractivity contribution in [2.75, 3.05) is 13.1 Å². The number of hydrogen-bond donors (Lipinski definition) is 1. The van der Waals surface area contributed by atoms with Gasteiger partial charge in [0.25, 0.3) is 0 Å². The van der Waals surface area contributed by atoms with Crippen molar-refractivity contribution in [2.45, 2.75) is 0 Å². The van der Waals surface area contributed by atoms with Crippen LogP contribution in [-0.4, -0.2) is 13.1 Å². The molecule has 0 aromatic carbocycles. The van der Waals surface area contributed by atoms with Gasteiger partial charge in [0, 0.05) is 34.9 Å². The van der Waals surface area contributed by atoms with Gasteiger partial charge in [-0.2, -0.15) is 0 Å². The molecule has 1 heterocycles. The summed E-state index contributed by atoms with van der Waals surface area (Å²) in [5.41, 5.74) is 0. The molecule has 0 aromatic heterocycles. The van der Waals surface area contributed by atoms with Crippen LogP contribution in [-0.2, 0) is 0 Å². The highest BCUT2D eigenvalue weighted by Crippen LogP contribution is 1.99. The van der Waals surface area contributed by atoms with Gasteiger partial charge in [-0.1, -0.05) is 5.92 Å². The molecular weight excluding hydrogens is 189 g/mol. The zero-order valence-corrected chi connectivity index (χ0v) is 6.68. The number of halogens is 2. The molecule has 1 N–H and O–H groups in total. The standard InChI is InChI=1S/C5H6BrN.ClH/c6-2-1-5-3-7-4-5;/h5,7H,3-4H2;1H. The topological polar surface area (TPSA) is 12.0 Å². The van der Waals surface area contributed by atoms with E-state index in [9.17, 15) is 0 Å². The average molecular weight is 196 g/mol.